The Morgan fingerprint density at radius 3 is 2.43 bits per heavy atom. The summed E-state index contributed by atoms with van der Waals surface area (Å²) in [7, 11) is 4.13. The molecule has 0 saturated carbocycles. The fraction of sp³-hybridized carbons (Fsp3) is 0.708. The minimum Gasteiger partial charge on any atom is -0.490 e. The lowest BCUT2D eigenvalue weighted by Gasteiger charge is -2.41. The molecule has 1 aromatic rings. The lowest BCUT2D eigenvalue weighted by Crippen LogP contribution is -2.48. The molecule has 0 radical (unpaired) electrons. The van der Waals surface area contributed by atoms with Gasteiger partial charge in [-0.05, 0) is 76.9 Å². The van der Waals surface area contributed by atoms with Gasteiger partial charge in [0.2, 0.25) is 0 Å². The third kappa shape index (κ3) is 5.34. The SMILES string of the molecule is CN1CCC(N2CCC(Oc3cccc(C(=O)N(C)C4CCOCC4)c3)CC2)CC1. The van der Waals surface area contributed by atoms with Crippen molar-refractivity contribution >= 4 is 5.91 Å². The minimum absolute atomic E-state index is 0.0736. The first-order chi connectivity index (χ1) is 14.6. The van der Waals surface area contributed by atoms with Crippen LogP contribution in [0.2, 0.25) is 0 Å². The van der Waals surface area contributed by atoms with Gasteiger partial charge in [-0.3, -0.25) is 4.79 Å². The summed E-state index contributed by atoms with van der Waals surface area (Å²) in [5.74, 6) is 0.892. The summed E-state index contributed by atoms with van der Waals surface area (Å²) >= 11 is 0. The molecule has 0 atom stereocenters. The zero-order valence-electron chi connectivity index (χ0n) is 18.6. The molecule has 3 aliphatic rings. The van der Waals surface area contributed by atoms with Gasteiger partial charge in [0, 0.05) is 51.0 Å². The number of carbonyl (C=O) groups excluding carboxylic acids is 1. The summed E-state index contributed by atoms with van der Waals surface area (Å²) in [5, 5.41) is 0. The van der Waals surface area contributed by atoms with Crippen molar-refractivity contribution in [2.75, 3.05) is 53.5 Å². The third-order valence-electron chi connectivity index (χ3n) is 7.12. The van der Waals surface area contributed by atoms with Crippen LogP contribution in [0, 0.1) is 0 Å². The molecule has 166 valence electrons. The molecule has 6 heteroatoms. The molecular weight excluding hydrogens is 378 g/mol. The number of ether oxygens (including phenoxy) is 2. The Bertz CT molecular complexity index is 691. The highest BCUT2D eigenvalue weighted by atomic mass is 16.5. The van der Waals surface area contributed by atoms with E-state index < -0.39 is 0 Å². The van der Waals surface area contributed by atoms with E-state index in [2.05, 4.69) is 16.8 Å². The summed E-state index contributed by atoms with van der Waals surface area (Å²) in [5.41, 5.74) is 0.713. The molecule has 1 amide bonds. The smallest absolute Gasteiger partial charge is 0.253 e. The van der Waals surface area contributed by atoms with Gasteiger partial charge in [0.1, 0.15) is 11.9 Å². The zero-order chi connectivity index (χ0) is 20.9. The van der Waals surface area contributed by atoms with Crippen molar-refractivity contribution in [3.05, 3.63) is 29.8 Å². The van der Waals surface area contributed by atoms with Crippen molar-refractivity contribution in [3.63, 3.8) is 0 Å². The Balaban J connectivity index is 1.29. The van der Waals surface area contributed by atoms with Gasteiger partial charge in [-0.15, -0.1) is 0 Å². The Kier molecular flexibility index (Phi) is 7.28. The fourth-order valence-electron chi connectivity index (χ4n) is 5.06. The van der Waals surface area contributed by atoms with Crippen LogP contribution in [0.25, 0.3) is 0 Å². The highest BCUT2D eigenvalue weighted by Gasteiger charge is 2.28. The van der Waals surface area contributed by atoms with E-state index >= 15 is 0 Å². The second-order valence-electron chi connectivity index (χ2n) is 9.18. The van der Waals surface area contributed by atoms with Crippen LogP contribution in [0.1, 0.15) is 48.9 Å². The van der Waals surface area contributed by atoms with E-state index in [0.717, 1.165) is 63.8 Å². The van der Waals surface area contributed by atoms with Crippen molar-refractivity contribution < 1.29 is 14.3 Å². The number of piperidine rings is 2. The van der Waals surface area contributed by atoms with Gasteiger partial charge < -0.3 is 24.2 Å². The van der Waals surface area contributed by atoms with Crippen LogP contribution in [0.3, 0.4) is 0 Å². The molecule has 0 unspecified atom stereocenters. The molecule has 0 aromatic heterocycles. The van der Waals surface area contributed by atoms with Crippen LogP contribution in [-0.2, 0) is 4.74 Å². The van der Waals surface area contributed by atoms with E-state index in [1.165, 1.54) is 25.9 Å². The normalized spacial score (nSPS) is 23.4. The lowest BCUT2D eigenvalue weighted by molar-refractivity contribution is 0.0360. The van der Waals surface area contributed by atoms with Crippen molar-refractivity contribution in [2.45, 2.75) is 56.7 Å². The Morgan fingerprint density at radius 2 is 1.73 bits per heavy atom. The molecule has 3 fully saturated rings. The van der Waals surface area contributed by atoms with Crippen molar-refractivity contribution in [1.29, 1.82) is 0 Å². The van der Waals surface area contributed by atoms with Gasteiger partial charge in [-0.1, -0.05) is 6.07 Å². The van der Waals surface area contributed by atoms with Gasteiger partial charge in [0.25, 0.3) is 5.91 Å². The first kappa shape index (κ1) is 21.6. The molecule has 3 heterocycles. The number of rotatable bonds is 5. The van der Waals surface area contributed by atoms with E-state index in [-0.39, 0.29) is 18.1 Å². The number of benzene rings is 1. The minimum atomic E-state index is 0.0736. The van der Waals surface area contributed by atoms with Crippen molar-refractivity contribution in [3.8, 4) is 5.75 Å². The van der Waals surface area contributed by atoms with Crippen LogP contribution in [0.5, 0.6) is 5.75 Å². The lowest BCUT2D eigenvalue weighted by atomic mass is 9.99. The van der Waals surface area contributed by atoms with E-state index in [4.69, 9.17) is 9.47 Å². The van der Waals surface area contributed by atoms with Crippen LogP contribution in [0.4, 0.5) is 0 Å². The second kappa shape index (κ2) is 10.1. The van der Waals surface area contributed by atoms with Gasteiger partial charge >= 0.3 is 0 Å². The Hall–Kier alpha value is -1.63. The van der Waals surface area contributed by atoms with Crippen LogP contribution < -0.4 is 4.74 Å². The predicted octanol–water partition coefficient (Wildman–Crippen LogP) is 2.88. The second-order valence-corrected chi connectivity index (χ2v) is 9.18. The first-order valence-electron chi connectivity index (χ1n) is 11.6. The summed E-state index contributed by atoms with van der Waals surface area (Å²) in [6, 6.07) is 8.74. The zero-order valence-corrected chi connectivity index (χ0v) is 18.6. The summed E-state index contributed by atoms with van der Waals surface area (Å²) in [4.78, 5) is 19.9. The molecular formula is C24H37N3O3. The van der Waals surface area contributed by atoms with Gasteiger partial charge in [0.15, 0.2) is 0 Å². The van der Waals surface area contributed by atoms with E-state index in [1.807, 2.05) is 36.2 Å². The molecule has 6 nitrogen and oxygen atoms in total. The van der Waals surface area contributed by atoms with E-state index in [9.17, 15) is 4.79 Å². The monoisotopic (exact) mass is 415 g/mol. The Morgan fingerprint density at radius 1 is 1.03 bits per heavy atom. The summed E-state index contributed by atoms with van der Waals surface area (Å²) in [6.07, 6.45) is 6.76. The number of hydrogen-bond donors (Lipinski definition) is 0. The molecule has 4 rings (SSSR count). The number of likely N-dealkylation sites (tertiary alicyclic amines) is 2. The highest BCUT2D eigenvalue weighted by molar-refractivity contribution is 5.94. The largest absolute Gasteiger partial charge is 0.490 e. The standard InChI is InChI=1S/C24H37N3O3/c1-25-12-6-21(7-13-25)27-14-8-22(9-15-27)30-23-5-3-4-19(18-23)24(28)26(2)20-10-16-29-17-11-20/h3-5,18,20-22H,6-17H2,1-2H3. The molecule has 3 aliphatic heterocycles. The third-order valence-corrected chi connectivity index (χ3v) is 7.12. The van der Waals surface area contributed by atoms with Crippen LogP contribution >= 0.6 is 0 Å². The highest BCUT2D eigenvalue weighted by Crippen LogP contribution is 2.25. The number of amides is 1. The number of nitrogens with zero attached hydrogens (tertiary/aromatic N) is 3. The van der Waals surface area contributed by atoms with Crippen molar-refractivity contribution in [2.24, 2.45) is 0 Å². The predicted molar refractivity (Wildman–Crippen MR) is 118 cm³/mol. The van der Waals surface area contributed by atoms with E-state index in [1.54, 1.807) is 0 Å². The fourth-order valence-corrected chi connectivity index (χ4v) is 5.06. The average Bonchev–Trinajstić information content (AvgIpc) is 2.80. The Labute approximate surface area is 181 Å². The van der Waals surface area contributed by atoms with Gasteiger partial charge in [-0.2, -0.15) is 0 Å². The number of hydrogen-bond acceptors (Lipinski definition) is 5. The molecule has 0 bridgehead atoms. The maximum absolute atomic E-state index is 12.9. The summed E-state index contributed by atoms with van der Waals surface area (Å²) in [6.45, 7) is 6.13. The van der Waals surface area contributed by atoms with Crippen LogP contribution in [-0.4, -0.2) is 92.3 Å². The first-order valence-corrected chi connectivity index (χ1v) is 11.6. The van der Waals surface area contributed by atoms with Crippen LogP contribution in [0.15, 0.2) is 24.3 Å². The summed E-state index contributed by atoms with van der Waals surface area (Å²) < 4.78 is 11.7. The topological polar surface area (TPSA) is 45.2 Å². The number of carbonyl (C=O) groups is 1. The van der Waals surface area contributed by atoms with Crippen molar-refractivity contribution in [1.82, 2.24) is 14.7 Å². The van der Waals surface area contributed by atoms with Gasteiger partial charge in [0.05, 0.1) is 0 Å². The average molecular weight is 416 g/mol. The quantitative estimate of drug-likeness (QED) is 0.740. The molecule has 0 aliphatic carbocycles. The molecule has 3 saturated heterocycles. The molecule has 1 aromatic carbocycles. The maximum atomic E-state index is 12.9. The van der Waals surface area contributed by atoms with E-state index in [0.29, 0.717) is 5.56 Å². The van der Waals surface area contributed by atoms with Gasteiger partial charge in [-0.25, -0.2) is 0 Å². The molecule has 0 spiro atoms. The maximum Gasteiger partial charge on any atom is 0.253 e. The molecule has 30 heavy (non-hydrogen) atoms. The molecule has 0 N–H and O–H groups in total.